The van der Waals surface area contributed by atoms with E-state index in [-0.39, 0.29) is 11.6 Å². The predicted molar refractivity (Wildman–Crippen MR) is 64.1 cm³/mol. The van der Waals surface area contributed by atoms with Crippen molar-refractivity contribution in [3.8, 4) is 0 Å². The summed E-state index contributed by atoms with van der Waals surface area (Å²) in [7, 11) is 0. The van der Waals surface area contributed by atoms with Gasteiger partial charge >= 0.3 is 6.18 Å². The minimum Gasteiger partial charge on any atom is -0.260 e. The largest absolute Gasteiger partial charge is 0.418 e. The van der Waals surface area contributed by atoms with Crippen LogP contribution in [0.2, 0.25) is 0 Å². The summed E-state index contributed by atoms with van der Waals surface area (Å²) in [6.07, 6.45) is 1.68. The average Bonchev–Trinajstić information content (AvgIpc) is 2.32. The third-order valence-electron chi connectivity index (χ3n) is 3.67. The highest BCUT2D eigenvalue weighted by Gasteiger charge is 2.36. The predicted octanol–water partition coefficient (Wildman–Crippen LogP) is 4.42. The third kappa shape index (κ3) is 2.57. The lowest BCUT2D eigenvalue weighted by Crippen LogP contribution is -2.19. The Morgan fingerprint density at radius 1 is 1.22 bits per heavy atom. The van der Waals surface area contributed by atoms with Crippen LogP contribution in [0.4, 0.5) is 13.2 Å². The van der Waals surface area contributed by atoms with Crippen molar-refractivity contribution < 1.29 is 13.2 Å². The van der Waals surface area contributed by atoms with Crippen LogP contribution in [0.15, 0.2) is 30.5 Å². The second-order valence-corrected chi connectivity index (χ2v) is 5.00. The molecule has 1 aliphatic rings. The van der Waals surface area contributed by atoms with E-state index in [0.29, 0.717) is 11.8 Å². The van der Waals surface area contributed by atoms with Gasteiger partial charge < -0.3 is 0 Å². The van der Waals surface area contributed by atoms with E-state index < -0.39 is 11.7 Å². The van der Waals surface area contributed by atoms with Gasteiger partial charge in [-0.25, -0.2) is 0 Å². The number of alkyl halides is 3. The zero-order chi connectivity index (χ0) is 13.3. The Kier molecular flexibility index (Phi) is 3.46. The molecular formula is C14H16F3N. The lowest BCUT2D eigenvalue weighted by molar-refractivity contribution is -0.138. The molecule has 3 atom stereocenters. The number of pyridine rings is 1. The number of aromatic nitrogens is 1. The molecular weight excluding hydrogens is 239 g/mol. The van der Waals surface area contributed by atoms with Crippen LogP contribution in [0.1, 0.15) is 37.4 Å². The van der Waals surface area contributed by atoms with E-state index in [0.717, 1.165) is 12.5 Å². The molecule has 1 aromatic heterocycles. The molecule has 0 aromatic carbocycles. The first-order valence-corrected chi connectivity index (χ1v) is 6.10. The maximum atomic E-state index is 12.9. The van der Waals surface area contributed by atoms with Gasteiger partial charge in [0.05, 0.1) is 11.3 Å². The quantitative estimate of drug-likeness (QED) is 0.677. The normalized spacial score (nSPS) is 28.4. The molecule has 0 saturated heterocycles. The second kappa shape index (κ2) is 4.75. The highest BCUT2D eigenvalue weighted by atomic mass is 19.4. The minimum atomic E-state index is -4.33. The van der Waals surface area contributed by atoms with Crippen molar-refractivity contribution in [3.63, 3.8) is 0 Å². The van der Waals surface area contributed by atoms with Crippen molar-refractivity contribution in [2.45, 2.75) is 32.4 Å². The van der Waals surface area contributed by atoms with Gasteiger partial charge in [-0.15, -0.1) is 0 Å². The molecule has 18 heavy (non-hydrogen) atoms. The lowest BCUT2D eigenvalue weighted by atomic mass is 9.79. The molecule has 0 N–H and O–H groups in total. The third-order valence-corrected chi connectivity index (χ3v) is 3.67. The van der Waals surface area contributed by atoms with Gasteiger partial charge in [-0.05, 0) is 30.4 Å². The Morgan fingerprint density at radius 2 is 1.94 bits per heavy atom. The molecule has 0 spiro atoms. The van der Waals surface area contributed by atoms with Gasteiger partial charge in [0.25, 0.3) is 0 Å². The minimum absolute atomic E-state index is 0.153. The van der Waals surface area contributed by atoms with Crippen molar-refractivity contribution in [2.75, 3.05) is 0 Å². The van der Waals surface area contributed by atoms with Crippen LogP contribution in [0, 0.1) is 11.8 Å². The molecule has 1 nitrogen and oxygen atoms in total. The fraction of sp³-hybridized carbons (Fsp3) is 0.500. The number of halogens is 3. The van der Waals surface area contributed by atoms with Crippen LogP contribution >= 0.6 is 0 Å². The van der Waals surface area contributed by atoms with Crippen LogP contribution in [0.25, 0.3) is 0 Å². The molecule has 2 rings (SSSR count). The van der Waals surface area contributed by atoms with Gasteiger partial charge in [0.15, 0.2) is 0 Å². The lowest BCUT2D eigenvalue weighted by Gasteiger charge is -2.27. The van der Waals surface area contributed by atoms with Crippen LogP contribution in [0.3, 0.4) is 0 Å². The van der Waals surface area contributed by atoms with Gasteiger partial charge in [-0.3, -0.25) is 4.98 Å². The Labute approximate surface area is 105 Å². The monoisotopic (exact) mass is 255 g/mol. The van der Waals surface area contributed by atoms with E-state index in [1.807, 2.05) is 12.2 Å². The fourth-order valence-corrected chi connectivity index (χ4v) is 2.35. The highest BCUT2D eigenvalue weighted by Crippen LogP contribution is 2.39. The van der Waals surface area contributed by atoms with Crippen LogP contribution < -0.4 is 0 Å². The number of hydrogen-bond donors (Lipinski definition) is 0. The smallest absolute Gasteiger partial charge is 0.260 e. The molecule has 1 aromatic rings. The van der Waals surface area contributed by atoms with Crippen molar-refractivity contribution in [1.82, 2.24) is 4.98 Å². The molecule has 4 heteroatoms. The van der Waals surface area contributed by atoms with Crippen molar-refractivity contribution in [1.29, 1.82) is 0 Å². The van der Waals surface area contributed by atoms with Crippen LogP contribution in [-0.4, -0.2) is 4.98 Å². The highest BCUT2D eigenvalue weighted by molar-refractivity contribution is 5.30. The van der Waals surface area contributed by atoms with E-state index in [2.05, 4.69) is 18.8 Å². The SMILES string of the molecule is CC1C=CC(c2ncccc2C(F)(F)F)CC1C. The summed E-state index contributed by atoms with van der Waals surface area (Å²) in [4.78, 5) is 3.96. The second-order valence-electron chi connectivity index (χ2n) is 5.00. The van der Waals surface area contributed by atoms with Crippen molar-refractivity contribution >= 4 is 0 Å². The number of nitrogens with zero attached hydrogens (tertiary/aromatic N) is 1. The Balaban J connectivity index is 2.38. The number of hydrogen-bond acceptors (Lipinski definition) is 1. The van der Waals surface area contributed by atoms with Gasteiger partial charge in [0.2, 0.25) is 0 Å². The summed E-state index contributed by atoms with van der Waals surface area (Å²) < 4.78 is 38.7. The molecule has 3 unspecified atom stereocenters. The molecule has 98 valence electrons. The van der Waals surface area contributed by atoms with Crippen LogP contribution in [-0.2, 0) is 6.18 Å². The first-order chi connectivity index (χ1) is 8.39. The van der Waals surface area contributed by atoms with E-state index >= 15 is 0 Å². The standard InChI is InChI=1S/C14H16F3N/c1-9-5-6-11(8-10(9)2)13-12(14(15,16)17)4-3-7-18-13/h3-7,9-11H,8H2,1-2H3. The summed E-state index contributed by atoms with van der Waals surface area (Å²) in [5.74, 6) is 0.566. The maximum Gasteiger partial charge on any atom is 0.418 e. The fourth-order valence-electron chi connectivity index (χ4n) is 2.35. The van der Waals surface area contributed by atoms with E-state index in [1.54, 1.807) is 0 Å². The molecule has 0 bridgehead atoms. The summed E-state index contributed by atoms with van der Waals surface area (Å²) in [5.41, 5.74) is -0.457. The topological polar surface area (TPSA) is 12.9 Å². The van der Waals surface area contributed by atoms with Crippen LogP contribution in [0.5, 0.6) is 0 Å². The molecule has 1 aliphatic carbocycles. The van der Waals surface area contributed by atoms with E-state index in [9.17, 15) is 13.2 Å². The number of rotatable bonds is 1. The molecule has 0 radical (unpaired) electrons. The molecule has 0 amide bonds. The van der Waals surface area contributed by atoms with Gasteiger partial charge in [-0.2, -0.15) is 13.2 Å². The molecule has 0 saturated carbocycles. The molecule has 1 heterocycles. The summed E-state index contributed by atoms with van der Waals surface area (Å²) >= 11 is 0. The number of allylic oxidation sites excluding steroid dienone is 2. The van der Waals surface area contributed by atoms with Crippen molar-refractivity contribution in [3.05, 3.63) is 41.7 Å². The van der Waals surface area contributed by atoms with E-state index in [4.69, 9.17) is 0 Å². The Bertz CT molecular complexity index is 451. The van der Waals surface area contributed by atoms with Gasteiger partial charge in [-0.1, -0.05) is 26.0 Å². The first-order valence-electron chi connectivity index (χ1n) is 6.10. The summed E-state index contributed by atoms with van der Waals surface area (Å²) in [6.45, 7) is 4.15. The molecule has 0 fully saturated rings. The van der Waals surface area contributed by atoms with E-state index in [1.165, 1.54) is 12.3 Å². The summed E-state index contributed by atoms with van der Waals surface area (Å²) in [5, 5.41) is 0. The average molecular weight is 255 g/mol. The molecule has 0 aliphatic heterocycles. The van der Waals surface area contributed by atoms with Crippen molar-refractivity contribution in [2.24, 2.45) is 11.8 Å². The zero-order valence-corrected chi connectivity index (χ0v) is 10.4. The Morgan fingerprint density at radius 3 is 2.56 bits per heavy atom. The summed E-state index contributed by atoms with van der Waals surface area (Å²) in [6, 6.07) is 2.45. The maximum absolute atomic E-state index is 12.9. The van der Waals surface area contributed by atoms with Gasteiger partial charge in [0, 0.05) is 12.1 Å². The zero-order valence-electron chi connectivity index (χ0n) is 10.4. The van der Waals surface area contributed by atoms with Gasteiger partial charge in [0.1, 0.15) is 0 Å². The first kappa shape index (κ1) is 13.1. The Hall–Kier alpha value is -1.32.